The van der Waals surface area contributed by atoms with Gasteiger partial charge in [-0.1, -0.05) is 114 Å². The molecule has 4 rings (SSSR count). The summed E-state index contributed by atoms with van der Waals surface area (Å²) in [7, 11) is -5.23. The van der Waals surface area contributed by atoms with Crippen molar-refractivity contribution in [3.8, 4) is 0 Å². The second-order valence-corrected chi connectivity index (χ2v) is 25.8. The summed E-state index contributed by atoms with van der Waals surface area (Å²) < 4.78 is 14.0. The molecule has 0 radical (unpaired) electrons. The van der Waals surface area contributed by atoms with Gasteiger partial charge >= 0.3 is 0 Å². The molecule has 45 heavy (non-hydrogen) atoms. The highest BCUT2D eigenvalue weighted by atomic mass is 32.2. The van der Waals surface area contributed by atoms with E-state index in [1.54, 1.807) is 12.0 Å². The van der Waals surface area contributed by atoms with Crippen molar-refractivity contribution in [2.75, 3.05) is 24.6 Å². The molecule has 0 bridgehead atoms. The number of hydroxylamine groups is 2. The van der Waals surface area contributed by atoms with Crippen LogP contribution < -0.4 is 15.3 Å². The van der Waals surface area contributed by atoms with Crippen LogP contribution in [0.2, 0.25) is 23.2 Å². The van der Waals surface area contributed by atoms with Crippen LogP contribution in [0.3, 0.4) is 0 Å². The lowest BCUT2D eigenvalue weighted by atomic mass is 10.2. The molecule has 1 aliphatic rings. The highest BCUT2D eigenvalue weighted by Gasteiger charge is 2.51. The molecule has 2 aromatic carbocycles. The Balaban J connectivity index is 1.65. The van der Waals surface area contributed by atoms with Gasteiger partial charge in [0.1, 0.15) is 5.69 Å². The first-order valence-electron chi connectivity index (χ1n) is 15.6. The Kier molecular flexibility index (Phi) is 10.9. The lowest BCUT2D eigenvalue weighted by Gasteiger charge is -2.45. The van der Waals surface area contributed by atoms with Crippen LogP contribution in [-0.2, 0) is 13.7 Å². The molecule has 3 aromatic rings. The quantitative estimate of drug-likeness (QED) is 0.160. The van der Waals surface area contributed by atoms with Crippen molar-refractivity contribution in [1.82, 2.24) is 10.0 Å². The predicted molar refractivity (Wildman–Crippen MR) is 194 cm³/mol. The minimum Gasteiger partial charge on any atom is -0.405 e. The first-order chi connectivity index (χ1) is 21.0. The van der Waals surface area contributed by atoms with Crippen LogP contribution in [0.25, 0.3) is 0 Å². The fourth-order valence-electron chi connectivity index (χ4n) is 5.31. The Bertz CT molecular complexity index is 1410. The molecule has 1 aliphatic heterocycles. The Morgan fingerprint density at radius 3 is 1.98 bits per heavy atom. The molecule has 2 heterocycles. The molecule has 0 spiro atoms. The number of thioether (sulfide) groups is 1. The second-order valence-electron chi connectivity index (χ2n) is 14.5. The highest BCUT2D eigenvalue weighted by Crippen LogP contribution is 2.39. The van der Waals surface area contributed by atoms with Crippen molar-refractivity contribution in [2.24, 2.45) is 0 Å². The molecule has 0 saturated carbocycles. The monoisotopic (exact) mass is 683 g/mol. The summed E-state index contributed by atoms with van der Waals surface area (Å²) in [4.78, 5) is 32.6. The van der Waals surface area contributed by atoms with E-state index in [0.717, 1.165) is 18.2 Å². The summed E-state index contributed by atoms with van der Waals surface area (Å²) in [5.41, 5.74) is 0.369. The third-order valence-electron chi connectivity index (χ3n) is 8.85. The molecule has 11 heteroatoms. The third kappa shape index (κ3) is 7.82. The second kappa shape index (κ2) is 13.8. The van der Waals surface area contributed by atoms with Gasteiger partial charge in [-0.05, 0) is 40.5 Å². The van der Waals surface area contributed by atoms with E-state index in [9.17, 15) is 9.59 Å². The maximum atomic E-state index is 14.3. The smallest absolute Gasteiger partial charge is 0.296 e. The van der Waals surface area contributed by atoms with E-state index in [1.807, 2.05) is 24.4 Å². The Labute approximate surface area is 279 Å². The number of anilines is 1. The van der Waals surface area contributed by atoms with Crippen LogP contribution in [0.5, 0.6) is 0 Å². The molecule has 1 unspecified atom stereocenters. The van der Waals surface area contributed by atoms with Crippen LogP contribution in [0.1, 0.15) is 65.9 Å². The minimum absolute atomic E-state index is 0.113. The van der Waals surface area contributed by atoms with Crippen molar-refractivity contribution in [1.29, 1.82) is 0 Å². The number of nitrogens with zero attached hydrogens (tertiary/aromatic N) is 3. The molecular weight excluding hydrogens is 635 g/mol. The van der Waals surface area contributed by atoms with Crippen molar-refractivity contribution < 1.29 is 18.5 Å². The Hall–Kier alpha value is -2.29. The van der Waals surface area contributed by atoms with Crippen LogP contribution in [0.15, 0.2) is 66.0 Å². The SMILES string of the molecule is CC(=O)SC1CN(c2nc(C(=O)N(O[Si](C)(C)C(C)(C)C)C(C)CO[Si](c3ccccc3)(c3ccccc3)C(C)(C)C)cs2)C1. The topological polar surface area (TPSA) is 72.0 Å². The highest BCUT2D eigenvalue weighted by molar-refractivity contribution is 8.14. The predicted octanol–water partition coefficient (Wildman–Crippen LogP) is 6.96. The van der Waals surface area contributed by atoms with Gasteiger partial charge in [0.25, 0.3) is 14.2 Å². The van der Waals surface area contributed by atoms with Gasteiger partial charge in [-0.2, -0.15) is 0 Å². The molecule has 244 valence electrons. The molecule has 1 aromatic heterocycles. The zero-order chi connectivity index (χ0) is 33.2. The Morgan fingerprint density at radius 1 is 0.978 bits per heavy atom. The number of carbonyl (C=O) groups is 2. The van der Waals surface area contributed by atoms with Crippen molar-refractivity contribution >= 4 is 66.3 Å². The molecular formula is C34H49N3O4S2Si2. The van der Waals surface area contributed by atoms with Gasteiger partial charge in [0, 0.05) is 30.6 Å². The maximum Gasteiger partial charge on any atom is 0.296 e. The third-order valence-corrected chi connectivity index (χ3v) is 20.0. The number of amides is 1. The number of thiazole rings is 1. The van der Waals surface area contributed by atoms with E-state index in [2.05, 4.69) is 108 Å². The lowest BCUT2D eigenvalue weighted by molar-refractivity contribution is -0.109. The van der Waals surface area contributed by atoms with Gasteiger partial charge in [0.05, 0.1) is 12.6 Å². The van der Waals surface area contributed by atoms with Crippen LogP contribution in [0.4, 0.5) is 5.13 Å². The van der Waals surface area contributed by atoms with Gasteiger partial charge in [0.15, 0.2) is 10.2 Å². The first-order valence-corrected chi connectivity index (χ1v) is 22.2. The molecule has 1 amide bonds. The van der Waals surface area contributed by atoms with E-state index in [4.69, 9.17) is 13.9 Å². The zero-order valence-electron chi connectivity index (χ0n) is 28.4. The normalized spacial score (nSPS) is 15.5. The van der Waals surface area contributed by atoms with Gasteiger partial charge in [0.2, 0.25) is 8.32 Å². The van der Waals surface area contributed by atoms with E-state index in [0.29, 0.717) is 12.3 Å². The van der Waals surface area contributed by atoms with E-state index in [1.165, 1.54) is 33.5 Å². The number of carbonyl (C=O) groups excluding carboxylic acids is 2. The first kappa shape index (κ1) is 35.6. The summed E-state index contributed by atoms with van der Waals surface area (Å²) in [5.74, 6) is -0.254. The van der Waals surface area contributed by atoms with Gasteiger partial charge in [-0.15, -0.1) is 11.3 Å². The number of hydrogen-bond donors (Lipinski definition) is 0. The molecule has 1 fully saturated rings. The van der Waals surface area contributed by atoms with E-state index >= 15 is 0 Å². The maximum absolute atomic E-state index is 14.3. The lowest BCUT2D eigenvalue weighted by Crippen LogP contribution is -2.67. The number of hydrogen-bond acceptors (Lipinski definition) is 8. The largest absolute Gasteiger partial charge is 0.405 e. The summed E-state index contributed by atoms with van der Waals surface area (Å²) in [6.07, 6.45) is 0. The fourth-order valence-corrected chi connectivity index (χ4v) is 12.8. The van der Waals surface area contributed by atoms with Crippen molar-refractivity contribution in [2.45, 2.75) is 89.9 Å². The van der Waals surface area contributed by atoms with Gasteiger partial charge < -0.3 is 13.9 Å². The standard InChI is InChI=1S/C34H49N3O4S2Si2/c1-25(23-40-45(34(6,7)8,28-17-13-11-14-18-28)29-19-15-12-16-20-29)37(41-44(9,10)33(3,4)5)31(39)30-24-42-32(35-30)36-21-27(22-36)43-26(2)38/h11-20,24-25,27H,21-23H2,1-10H3. The van der Waals surface area contributed by atoms with Crippen molar-refractivity contribution in [3.63, 3.8) is 0 Å². The van der Waals surface area contributed by atoms with Crippen LogP contribution in [-0.4, -0.2) is 68.7 Å². The average Bonchev–Trinajstić information content (AvgIpc) is 3.43. The van der Waals surface area contributed by atoms with Crippen LogP contribution >= 0.6 is 23.1 Å². The van der Waals surface area contributed by atoms with Gasteiger partial charge in [-0.3, -0.25) is 9.59 Å². The van der Waals surface area contributed by atoms with E-state index < -0.39 is 16.6 Å². The Morgan fingerprint density at radius 2 is 1.51 bits per heavy atom. The molecule has 1 atom stereocenters. The number of benzene rings is 2. The van der Waals surface area contributed by atoms with E-state index in [-0.39, 0.29) is 32.4 Å². The number of rotatable bonds is 11. The fraction of sp³-hybridized carbons (Fsp3) is 0.500. The minimum atomic E-state index is -2.82. The molecule has 7 nitrogen and oxygen atoms in total. The van der Waals surface area contributed by atoms with Gasteiger partial charge in [-0.25, -0.2) is 10.0 Å². The van der Waals surface area contributed by atoms with Crippen molar-refractivity contribution in [3.05, 3.63) is 71.7 Å². The zero-order valence-corrected chi connectivity index (χ0v) is 32.1. The summed E-state index contributed by atoms with van der Waals surface area (Å²) >= 11 is 2.83. The summed E-state index contributed by atoms with van der Waals surface area (Å²) in [6, 6.07) is 20.7. The molecule has 0 aliphatic carbocycles. The summed E-state index contributed by atoms with van der Waals surface area (Å²) in [6.45, 7) is 23.0. The molecule has 1 saturated heterocycles. The van der Waals surface area contributed by atoms with Crippen LogP contribution in [0, 0.1) is 0 Å². The number of aromatic nitrogens is 1. The molecule has 0 N–H and O–H groups in total. The average molecular weight is 684 g/mol. The summed E-state index contributed by atoms with van der Waals surface area (Å²) in [5, 5.41) is 6.65.